The zero-order valence-corrected chi connectivity index (χ0v) is 14.0. The number of rotatable bonds is 4. The minimum atomic E-state index is -3.42. The van der Waals surface area contributed by atoms with E-state index < -0.39 is 10.2 Å². The Labute approximate surface area is 132 Å². The van der Waals surface area contributed by atoms with Gasteiger partial charge in [-0.05, 0) is 49.4 Å². The van der Waals surface area contributed by atoms with Crippen molar-refractivity contribution in [1.29, 1.82) is 0 Å². The number of methoxy groups -OCH3 is 1. The lowest BCUT2D eigenvalue weighted by molar-refractivity contribution is 0.317. The third kappa shape index (κ3) is 3.00. The largest absolute Gasteiger partial charge is 0.497 e. The van der Waals surface area contributed by atoms with Crippen LogP contribution in [0.4, 0.5) is 0 Å². The van der Waals surface area contributed by atoms with E-state index in [4.69, 9.17) is 4.74 Å². The Hall–Kier alpha value is -1.11. The van der Waals surface area contributed by atoms with Crippen molar-refractivity contribution in [1.82, 2.24) is 9.03 Å². The summed E-state index contributed by atoms with van der Waals surface area (Å²) in [6, 6.07) is 5.86. The molecule has 0 radical (unpaired) electrons. The summed E-state index contributed by atoms with van der Waals surface area (Å²) in [5.41, 5.74) is 2.25. The highest BCUT2D eigenvalue weighted by atomic mass is 32.2. The predicted octanol–water partition coefficient (Wildman–Crippen LogP) is 2.39. The molecule has 0 saturated heterocycles. The van der Waals surface area contributed by atoms with Gasteiger partial charge in [0.2, 0.25) is 0 Å². The molecule has 0 bridgehead atoms. The number of fused-ring (bicyclic) bond motifs is 1. The second-order valence-electron chi connectivity index (χ2n) is 6.21. The van der Waals surface area contributed by atoms with Gasteiger partial charge in [-0.2, -0.15) is 17.4 Å². The van der Waals surface area contributed by atoms with E-state index in [1.165, 1.54) is 5.56 Å². The van der Waals surface area contributed by atoms with Crippen LogP contribution < -0.4 is 9.46 Å². The maximum Gasteiger partial charge on any atom is 0.280 e. The Bertz CT molecular complexity index is 639. The van der Waals surface area contributed by atoms with Crippen LogP contribution in [0, 0.1) is 0 Å². The number of hydrogen-bond acceptors (Lipinski definition) is 3. The summed E-state index contributed by atoms with van der Waals surface area (Å²) in [6.07, 6.45) is 4.86. The average Bonchev–Trinajstić information content (AvgIpc) is 2.99. The number of nitrogens with zero attached hydrogens (tertiary/aromatic N) is 1. The molecule has 1 aliphatic carbocycles. The molecule has 0 spiro atoms. The minimum absolute atomic E-state index is 0.106. The Balaban J connectivity index is 1.80. The summed E-state index contributed by atoms with van der Waals surface area (Å²) in [7, 11) is -1.77. The lowest BCUT2D eigenvalue weighted by Gasteiger charge is -2.35. The maximum atomic E-state index is 12.7. The maximum absolute atomic E-state index is 12.7. The molecule has 1 unspecified atom stereocenters. The molecule has 1 heterocycles. The molecule has 1 atom stereocenters. The SMILES string of the molecule is COc1ccc2c(c1)CCN(S(=O)(=O)NC1CCCC1)C2C. The van der Waals surface area contributed by atoms with Gasteiger partial charge in [0.1, 0.15) is 5.75 Å². The summed E-state index contributed by atoms with van der Waals surface area (Å²) in [5, 5.41) is 0. The second kappa shape index (κ2) is 6.18. The molecular weight excluding hydrogens is 300 g/mol. The second-order valence-corrected chi connectivity index (χ2v) is 7.86. The van der Waals surface area contributed by atoms with E-state index in [0.717, 1.165) is 43.4 Å². The summed E-state index contributed by atoms with van der Waals surface area (Å²) in [6.45, 7) is 2.47. The average molecular weight is 324 g/mol. The third-order valence-electron chi connectivity index (χ3n) is 4.81. The van der Waals surface area contributed by atoms with Gasteiger partial charge in [-0.15, -0.1) is 0 Å². The first-order valence-electron chi connectivity index (χ1n) is 7.97. The molecule has 1 N–H and O–H groups in total. The van der Waals surface area contributed by atoms with Gasteiger partial charge >= 0.3 is 0 Å². The summed E-state index contributed by atoms with van der Waals surface area (Å²) in [4.78, 5) is 0. The van der Waals surface area contributed by atoms with Crippen LogP contribution in [0.15, 0.2) is 18.2 Å². The van der Waals surface area contributed by atoms with Gasteiger partial charge in [0, 0.05) is 18.6 Å². The molecule has 0 amide bonds. The molecule has 1 aliphatic heterocycles. The lowest BCUT2D eigenvalue weighted by Crippen LogP contribution is -2.48. The van der Waals surface area contributed by atoms with Crippen molar-refractivity contribution in [3.05, 3.63) is 29.3 Å². The summed E-state index contributed by atoms with van der Waals surface area (Å²) in [5.74, 6) is 0.825. The fourth-order valence-electron chi connectivity index (χ4n) is 3.56. The zero-order valence-electron chi connectivity index (χ0n) is 13.2. The molecule has 122 valence electrons. The van der Waals surface area contributed by atoms with Crippen molar-refractivity contribution in [3.8, 4) is 5.75 Å². The van der Waals surface area contributed by atoms with Crippen molar-refractivity contribution < 1.29 is 13.2 Å². The van der Waals surface area contributed by atoms with Gasteiger partial charge in [0.05, 0.1) is 7.11 Å². The predicted molar refractivity (Wildman–Crippen MR) is 86.1 cm³/mol. The molecule has 5 nitrogen and oxygen atoms in total. The Kier molecular flexibility index (Phi) is 4.43. The number of hydrogen-bond donors (Lipinski definition) is 1. The van der Waals surface area contributed by atoms with Gasteiger partial charge in [0.15, 0.2) is 0 Å². The Morgan fingerprint density at radius 2 is 2.00 bits per heavy atom. The van der Waals surface area contributed by atoms with Gasteiger partial charge in [-0.3, -0.25) is 0 Å². The molecule has 1 saturated carbocycles. The van der Waals surface area contributed by atoms with E-state index in [-0.39, 0.29) is 12.1 Å². The highest BCUT2D eigenvalue weighted by Gasteiger charge is 2.34. The van der Waals surface area contributed by atoms with E-state index in [9.17, 15) is 8.42 Å². The van der Waals surface area contributed by atoms with Crippen molar-refractivity contribution in [2.75, 3.05) is 13.7 Å². The number of benzene rings is 1. The first-order valence-corrected chi connectivity index (χ1v) is 9.41. The van der Waals surface area contributed by atoms with Crippen LogP contribution in [0.1, 0.15) is 49.8 Å². The highest BCUT2D eigenvalue weighted by Crippen LogP contribution is 2.33. The van der Waals surface area contributed by atoms with Crippen LogP contribution in [0.2, 0.25) is 0 Å². The van der Waals surface area contributed by atoms with Gasteiger partial charge < -0.3 is 4.74 Å². The highest BCUT2D eigenvalue weighted by molar-refractivity contribution is 7.87. The van der Waals surface area contributed by atoms with Crippen LogP contribution in [0.3, 0.4) is 0 Å². The fraction of sp³-hybridized carbons (Fsp3) is 0.625. The first-order chi connectivity index (χ1) is 10.5. The molecule has 2 aliphatic rings. The minimum Gasteiger partial charge on any atom is -0.497 e. The van der Waals surface area contributed by atoms with Crippen LogP contribution >= 0.6 is 0 Å². The first kappa shape index (κ1) is 15.8. The van der Waals surface area contributed by atoms with E-state index in [0.29, 0.717) is 6.54 Å². The van der Waals surface area contributed by atoms with E-state index in [1.807, 2.05) is 25.1 Å². The molecule has 1 aromatic rings. The molecule has 1 fully saturated rings. The summed E-state index contributed by atoms with van der Waals surface area (Å²) >= 11 is 0. The van der Waals surface area contributed by atoms with E-state index in [2.05, 4.69) is 4.72 Å². The van der Waals surface area contributed by atoms with Gasteiger partial charge in [-0.25, -0.2) is 0 Å². The third-order valence-corrected chi connectivity index (χ3v) is 6.56. The van der Waals surface area contributed by atoms with Crippen molar-refractivity contribution >= 4 is 10.2 Å². The summed E-state index contributed by atoms with van der Waals surface area (Å²) < 4.78 is 35.1. The molecule has 0 aromatic heterocycles. The van der Waals surface area contributed by atoms with Crippen molar-refractivity contribution in [2.24, 2.45) is 0 Å². The molecular formula is C16H24N2O3S. The van der Waals surface area contributed by atoms with Crippen molar-refractivity contribution in [2.45, 2.75) is 51.1 Å². The Morgan fingerprint density at radius 3 is 2.68 bits per heavy atom. The van der Waals surface area contributed by atoms with Crippen LogP contribution in [0.5, 0.6) is 5.75 Å². The smallest absolute Gasteiger partial charge is 0.280 e. The molecule has 3 rings (SSSR count). The topological polar surface area (TPSA) is 58.6 Å². The monoisotopic (exact) mass is 324 g/mol. The number of nitrogens with one attached hydrogen (secondary N) is 1. The quantitative estimate of drug-likeness (QED) is 0.925. The van der Waals surface area contributed by atoms with E-state index >= 15 is 0 Å². The normalized spacial score (nSPS) is 23.5. The van der Waals surface area contributed by atoms with Crippen LogP contribution in [0.25, 0.3) is 0 Å². The Morgan fingerprint density at radius 1 is 1.27 bits per heavy atom. The standard InChI is InChI=1S/C16H24N2O3S/c1-12-16-8-7-15(21-2)11-13(16)9-10-18(12)22(19,20)17-14-5-3-4-6-14/h7-8,11-12,14,17H,3-6,9-10H2,1-2H3. The zero-order chi connectivity index (χ0) is 15.7. The van der Waals surface area contributed by atoms with Crippen LogP contribution in [-0.2, 0) is 16.6 Å². The molecule has 1 aromatic carbocycles. The molecule has 6 heteroatoms. The lowest BCUT2D eigenvalue weighted by atomic mass is 9.95. The fourth-order valence-corrected chi connectivity index (χ4v) is 5.22. The van der Waals surface area contributed by atoms with Crippen LogP contribution in [-0.4, -0.2) is 32.4 Å². The van der Waals surface area contributed by atoms with Crippen molar-refractivity contribution in [3.63, 3.8) is 0 Å². The molecule has 22 heavy (non-hydrogen) atoms. The van der Waals surface area contributed by atoms with Gasteiger partial charge in [0.25, 0.3) is 10.2 Å². The number of ether oxygens (including phenoxy) is 1. The van der Waals surface area contributed by atoms with E-state index in [1.54, 1.807) is 11.4 Å². The van der Waals surface area contributed by atoms with Gasteiger partial charge in [-0.1, -0.05) is 18.9 Å².